The Morgan fingerprint density at radius 1 is 1.44 bits per heavy atom. The lowest BCUT2D eigenvalue weighted by atomic mass is 10.1. The molecule has 4 nitrogen and oxygen atoms in total. The summed E-state index contributed by atoms with van der Waals surface area (Å²) in [6.45, 7) is 4.58. The molecule has 1 aromatic rings. The van der Waals surface area contributed by atoms with Crippen LogP contribution in [0.1, 0.15) is 18.1 Å². The van der Waals surface area contributed by atoms with Gasteiger partial charge in [-0.2, -0.15) is 0 Å². The van der Waals surface area contributed by atoms with Crippen LogP contribution in [0.2, 0.25) is 0 Å². The Labute approximate surface area is 96.0 Å². The number of hydrogen-bond acceptors (Lipinski definition) is 3. The van der Waals surface area contributed by atoms with Crippen LogP contribution in [0.3, 0.4) is 0 Å². The van der Waals surface area contributed by atoms with Crippen LogP contribution in [-0.2, 0) is 11.2 Å². The maximum Gasteiger partial charge on any atom is 0.238 e. The van der Waals surface area contributed by atoms with Gasteiger partial charge in [0.05, 0.1) is 13.0 Å². The van der Waals surface area contributed by atoms with Crippen molar-refractivity contribution in [1.82, 2.24) is 10.9 Å². The molecule has 1 rings (SSSR count). The molecule has 0 bridgehead atoms. The van der Waals surface area contributed by atoms with E-state index in [4.69, 9.17) is 4.74 Å². The Hall–Kier alpha value is -1.55. The largest absolute Gasteiger partial charge is 0.494 e. The van der Waals surface area contributed by atoms with Gasteiger partial charge in [-0.05, 0) is 31.0 Å². The van der Waals surface area contributed by atoms with Gasteiger partial charge in [0.1, 0.15) is 5.75 Å². The second-order valence-electron chi connectivity index (χ2n) is 3.51. The number of hydrazine groups is 1. The third kappa shape index (κ3) is 3.55. The van der Waals surface area contributed by atoms with Gasteiger partial charge >= 0.3 is 0 Å². The highest BCUT2D eigenvalue weighted by atomic mass is 16.5. The Kier molecular flexibility index (Phi) is 4.79. The third-order valence-corrected chi connectivity index (χ3v) is 2.17. The monoisotopic (exact) mass is 222 g/mol. The SMILES string of the molecule is CCOc1ccc(CC(=O)NNC)cc1C. The average molecular weight is 222 g/mol. The normalized spacial score (nSPS) is 9.94. The highest BCUT2D eigenvalue weighted by Gasteiger charge is 2.04. The lowest BCUT2D eigenvalue weighted by molar-refractivity contribution is -0.121. The van der Waals surface area contributed by atoms with Crippen LogP contribution in [-0.4, -0.2) is 19.6 Å². The summed E-state index contributed by atoms with van der Waals surface area (Å²) < 4.78 is 5.43. The zero-order chi connectivity index (χ0) is 12.0. The molecule has 0 unspecified atom stereocenters. The molecule has 0 heterocycles. The first kappa shape index (κ1) is 12.5. The minimum atomic E-state index is -0.0499. The molecule has 0 radical (unpaired) electrons. The summed E-state index contributed by atoms with van der Waals surface area (Å²) in [6, 6.07) is 5.79. The molecule has 0 spiro atoms. The smallest absolute Gasteiger partial charge is 0.238 e. The van der Waals surface area contributed by atoms with Gasteiger partial charge in [0.15, 0.2) is 0 Å². The summed E-state index contributed by atoms with van der Waals surface area (Å²) in [7, 11) is 1.67. The van der Waals surface area contributed by atoms with Crippen LogP contribution in [0, 0.1) is 6.92 Å². The molecule has 0 aliphatic rings. The number of rotatable bonds is 5. The predicted octanol–water partition coefficient (Wildman–Crippen LogP) is 1.19. The van der Waals surface area contributed by atoms with Crippen molar-refractivity contribution >= 4 is 5.91 Å². The number of carbonyl (C=O) groups excluding carboxylic acids is 1. The van der Waals surface area contributed by atoms with E-state index in [1.807, 2.05) is 32.0 Å². The molecule has 0 atom stereocenters. The van der Waals surface area contributed by atoms with Crippen molar-refractivity contribution in [2.75, 3.05) is 13.7 Å². The topological polar surface area (TPSA) is 50.4 Å². The van der Waals surface area contributed by atoms with E-state index in [1.54, 1.807) is 7.05 Å². The fraction of sp³-hybridized carbons (Fsp3) is 0.417. The molecular formula is C12H18N2O2. The van der Waals surface area contributed by atoms with Gasteiger partial charge in [0, 0.05) is 7.05 Å². The molecule has 2 N–H and O–H groups in total. The van der Waals surface area contributed by atoms with Gasteiger partial charge in [-0.1, -0.05) is 12.1 Å². The van der Waals surface area contributed by atoms with Crippen molar-refractivity contribution in [3.63, 3.8) is 0 Å². The quantitative estimate of drug-likeness (QED) is 0.736. The summed E-state index contributed by atoms with van der Waals surface area (Å²) in [6.07, 6.45) is 0.369. The van der Waals surface area contributed by atoms with Crippen molar-refractivity contribution in [3.05, 3.63) is 29.3 Å². The highest BCUT2D eigenvalue weighted by molar-refractivity contribution is 5.78. The van der Waals surface area contributed by atoms with Crippen LogP contribution in [0.25, 0.3) is 0 Å². The molecule has 1 amide bonds. The standard InChI is InChI=1S/C12H18N2O2/c1-4-16-11-6-5-10(7-9(11)2)8-12(15)14-13-3/h5-7,13H,4,8H2,1-3H3,(H,14,15). The summed E-state index contributed by atoms with van der Waals surface area (Å²) in [5.41, 5.74) is 7.18. The highest BCUT2D eigenvalue weighted by Crippen LogP contribution is 2.19. The number of aryl methyl sites for hydroxylation is 1. The van der Waals surface area contributed by atoms with E-state index >= 15 is 0 Å². The van der Waals surface area contributed by atoms with Crippen molar-refractivity contribution in [1.29, 1.82) is 0 Å². The number of benzene rings is 1. The average Bonchev–Trinajstić information content (AvgIpc) is 2.22. The van der Waals surface area contributed by atoms with Crippen molar-refractivity contribution < 1.29 is 9.53 Å². The van der Waals surface area contributed by atoms with Crippen LogP contribution in [0.15, 0.2) is 18.2 Å². The fourth-order valence-corrected chi connectivity index (χ4v) is 1.51. The Morgan fingerprint density at radius 3 is 2.75 bits per heavy atom. The summed E-state index contributed by atoms with van der Waals surface area (Å²) >= 11 is 0. The zero-order valence-electron chi connectivity index (χ0n) is 9.96. The zero-order valence-corrected chi connectivity index (χ0v) is 9.96. The molecule has 0 fully saturated rings. The number of hydrogen-bond donors (Lipinski definition) is 2. The molecule has 16 heavy (non-hydrogen) atoms. The van der Waals surface area contributed by atoms with Gasteiger partial charge in [-0.3, -0.25) is 10.2 Å². The van der Waals surface area contributed by atoms with E-state index < -0.39 is 0 Å². The van der Waals surface area contributed by atoms with Gasteiger partial charge in [0.2, 0.25) is 5.91 Å². The van der Waals surface area contributed by atoms with E-state index in [-0.39, 0.29) is 5.91 Å². The van der Waals surface area contributed by atoms with Crippen molar-refractivity contribution in [2.45, 2.75) is 20.3 Å². The number of ether oxygens (including phenoxy) is 1. The molecule has 1 aromatic carbocycles. The minimum absolute atomic E-state index is 0.0499. The lowest BCUT2D eigenvalue weighted by Gasteiger charge is -2.09. The molecule has 0 saturated carbocycles. The Bertz CT molecular complexity index is 364. The first-order valence-electron chi connectivity index (χ1n) is 5.35. The molecule has 4 heteroatoms. The minimum Gasteiger partial charge on any atom is -0.494 e. The number of nitrogens with one attached hydrogen (secondary N) is 2. The predicted molar refractivity (Wildman–Crippen MR) is 63.3 cm³/mol. The molecule has 0 aliphatic heterocycles. The van der Waals surface area contributed by atoms with Crippen LogP contribution in [0.5, 0.6) is 5.75 Å². The second-order valence-corrected chi connectivity index (χ2v) is 3.51. The van der Waals surface area contributed by atoms with Crippen LogP contribution in [0.4, 0.5) is 0 Å². The van der Waals surface area contributed by atoms with E-state index in [0.717, 1.165) is 16.9 Å². The molecule has 0 saturated heterocycles. The first-order chi connectivity index (χ1) is 7.67. The lowest BCUT2D eigenvalue weighted by Crippen LogP contribution is -2.35. The van der Waals surface area contributed by atoms with Gasteiger partial charge in [-0.15, -0.1) is 0 Å². The first-order valence-corrected chi connectivity index (χ1v) is 5.35. The van der Waals surface area contributed by atoms with E-state index in [0.29, 0.717) is 13.0 Å². The van der Waals surface area contributed by atoms with E-state index in [2.05, 4.69) is 10.9 Å². The number of amides is 1. The molecular weight excluding hydrogens is 204 g/mol. The van der Waals surface area contributed by atoms with Crippen LogP contribution >= 0.6 is 0 Å². The Balaban J connectivity index is 2.69. The van der Waals surface area contributed by atoms with Gasteiger partial charge in [0.25, 0.3) is 0 Å². The van der Waals surface area contributed by atoms with Gasteiger partial charge < -0.3 is 4.74 Å². The van der Waals surface area contributed by atoms with Crippen molar-refractivity contribution in [2.24, 2.45) is 0 Å². The fourth-order valence-electron chi connectivity index (χ4n) is 1.51. The van der Waals surface area contributed by atoms with Gasteiger partial charge in [-0.25, -0.2) is 5.43 Å². The second kappa shape index (κ2) is 6.12. The third-order valence-electron chi connectivity index (χ3n) is 2.17. The van der Waals surface area contributed by atoms with Crippen LogP contribution < -0.4 is 15.6 Å². The maximum atomic E-state index is 11.3. The van der Waals surface area contributed by atoms with E-state index in [1.165, 1.54) is 0 Å². The maximum absolute atomic E-state index is 11.3. The molecule has 0 aliphatic carbocycles. The summed E-state index contributed by atoms with van der Waals surface area (Å²) in [5, 5.41) is 0. The number of carbonyl (C=O) groups is 1. The summed E-state index contributed by atoms with van der Waals surface area (Å²) in [4.78, 5) is 11.3. The molecule has 0 aromatic heterocycles. The molecule has 88 valence electrons. The summed E-state index contributed by atoms with van der Waals surface area (Å²) in [5.74, 6) is 0.825. The van der Waals surface area contributed by atoms with E-state index in [9.17, 15) is 4.79 Å². The Morgan fingerprint density at radius 2 is 2.19 bits per heavy atom. The van der Waals surface area contributed by atoms with Crippen molar-refractivity contribution in [3.8, 4) is 5.75 Å².